The van der Waals surface area contributed by atoms with Gasteiger partial charge in [-0.2, -0.15) is 0 Å². The zero-order valence-corrected chi connectivity index (χ0v) is 14.3. The van der Waals surface area contributed by atoms with Crippen LogP contribution in [-0.4, -0.2) is 18.6 Å². The van der Waals surface area contributed by atoms with Crippen LogP contribution >= 0.6 is 0 Å². The van der Waals surface area contributed by atoms with E-state index in [9.17, 15) is 4.79 Å². The molecule has 0 radical (unpaired) electrons. The minimum Gasteiger partial charge on any atom is -0.493 e. The monoisotopic (exact) mass is 331 g/mol. The van der Waals surface area contributed by atoms with Gasteiger partial charge in [0.2, 0.25) is 0 Å². The molecular weight excluding hydrogens is 310 g/mol. The number of amides is 1. The van der Waals surface area contributed by atoms with Crippen molar-refractivity contribution in [1.29, 1.82) is 0 Å². The van der Waals surface area contributed by atoms with E-state index >= 15 is 0 Å². The predicted octanol–water partition coefficient (Wildman–Crippen LogP) is 4.14. The van der Waals surface area contributed by atoms with Crippen LogP contribution in [0.3, 0.4) is 0 Å². The molecule has 1 heterocycles. The molecule has 3 aromatic rings. The lowest BCUT2D eigenvalue weighted by Crippen LogP contribution is -2.34. The van der Waals surface area contributed by atoms with Gasteiger partial charge in [-0.25, -0.2) is 0 Å². The van der Waals surface area contributed by atoms with E-state index in [0.29, 0.717) is 5.56 Å². The number of fused-ring (bicyclic) bond motifs is 2. The fraction of sp³-hybridized carbons (Fsp3) is 0.227. The number of hydrogen-bond acceptors (Lipinski definition) is 2. The van der Waals surface area contributed by atoms with Gasteiger partial charge in [-0.3, -0.25) is 4.79 Å². The summed E-state index contributed by atoms with van der Waals surface area (Å²) in [6, 6.07) is 20.3. The molecule has 4 rings (SSSR count). The van der Waals surface area contributed by atoms with Crippen molar-refractivity contribution >= 4 is 16.7 Å². The summed E-state index contributed by atoms with van der Waals surface area (Å²) in [4.78, 5) is 12.5. The summed E-state index contributed by atoms with van der Waals surface area (Å²) in [6.07, 6.45) is 1.79. The zero-order valence-electron chi connectivity index (χ0n) is 14.3. The molecule has 0 bridgehead atoms. The molecule has 0 fully saturated rings. The summed E-state index contributed by atoms with van der Waals surface area (Å²) in [5, 5.41) is 5.34. The summed E-state index contributed by atoms with van der Waals surface area (Å²) in [5.41, 5.74) is 3.20. The second kappa shape index (κ2) is 6.60. The van der Waals surface area contributed by atoms with Crippen LogP contribution in [0.5, 0.6) is 5.75 Å². The van der Waals surface area contributed by atoms with Gasteiger partial charge in [0.25, 0.3) is 5.91 Å². The number of ether oxygens (including phenoxy) is 1. The maximum atomic E-state index is 12.5. The van der Waals surface area contributed by atoms with Crippen LogP contribution in [0.25, 0.3) is 10.8 Å². The predicted molar refractivity (Wildman–Crippen MR) is 100 cm³/mol. The standard InChI is InChI=1S/C22H21NO2/c1-15(12-16-6-9-21-19(13-16)10-11-25-21)23-22(24)20-8-7-17-4-2-3-5-18(17)14-20/h2-9,13-15H,10-12H2,1H3,(H,23,24). The molecule has 0 saturated carbocycles. The Labute approximate surface area is 147 Å². The van der Waals surface area contributed by atoms with E-state index in [-0.39, 0.29) is 11.9 Å². The largest absolute Gasteiger partial charge is 0.493 e. The van der Waals surface area contributed by atoms with Crippen molar-refractivity contribution in [2.45, 2.75) is 25.8 Å². The molecule has 1 N–H and O–H groups in total. The minimum absolute atomic E-state index is 0.0252. The molecule has 0 aliphatic carbocycles. The third-order valence-corrected chi connectivity index (χ3v) is 4.68. The Morgan fingerprint density at radius 3 is 2.80 bits per heavy atom. The van der Waals surface area contributed by atoms with Gasteiger partial charge >= 0.3 is 0 Å². The highest BCUT2D eigenvalue weighted by molar-refractivity contribution is 5.98. The van der Waals surface area contributed by atoms with Crippen LogP contribution in [0.1, 0.15) is 28.4 Å². The minimum atomic E-state index is -0.0252. The normalized spacial score (nSPS) is 14.0. The summed E-state index contributed by atoms with van der Waals surface area (Å²) >= 11 is 0. The van der Waals surface area contributed by atoms with Crippen molar-refractivity contribution in [1.82, 2.24) is 5.32 Å². The first-order valence-electron chi connectivity index (χ1n) is 8.73. The van der Waals surface area contributed by atoms with E-state index in [1.807, 2.05) is 49.4 Å². The Kier molecular flexibility index (Phi) is 4.14. The van der Waals surface area contributed by atoms with E-state index in [1.54, 1.807) is 0 Å². The lowest BCUT2D eigenvalue weighted by Gasteiger charge is -2.15. The summed E-state index contributed by atoms with van der Waals surface area (Å²) < 4.78 is 5.55. The fourth-order valence-electron chi connectivity index (χ4n) is 3.41. The van der Waals surface area contributed by atoms with E-state index in [4.69, 9.17) is 4.74 Å². The zero-order chi connectivity index (χ0) is 17.2. The van der Waals surface area contributed by atoms with Gasteiger partial charge in [0.1, 0.15) is 5.75 Å². The number of nitrogens with one attached hydrogen (secondary N) is 1. The van der Waals surface area contributed by atoms with Crippen LogP contribution < -0.4 is 10.1 Å². The molecule has 3 nitrogen and oxygen atoms in total. The Morgan fingerprint density at radius 2 is 1.92 bits per heavy atom. The van der Waals surface area contributed by atoms with Crippen LogP contribution in [0.15, 0.2) is 60.7 Å². The van der Waals surface area contributed by atoms with Crippen LogP contribution in [0, 0.1) is 0 Å². The molecule has 3 aromatic carbocycles. The SMILES string of the molecule is CC(Cc1ccc2c(c1)CCO2)NC(=O)c1ccc2ccccc2c1. The first-order chi connectivity index (χ1) is 12.2. The van der Waals surface area contributed by atoms with E-state index in [0.717, 1.165) is 36.0 Å². The average Bonchev–Trinajstić information content (AvgIpc) is 3.09. The van der Waals surface area contributed by atoms with Crippen molar-refractivity contribution in [3.05, 3.63) is 77.4 Å². The molecule has 1 aliphatic rings. The summed E-state index contributed by atoms with van der Waals surface area (Å²) in [6.45, 7) is 2.82. The number of carbonyl (C=O) groups excluding carboxylic acids is 1. The van der Waals surface area contributed by atoms with Crippen LogP contribution in [0.2, 0.25) is 0 Å². The van der Waals surface area contributed by atoms with E-state index < -0.39 is 0 Å². The van der Waals surface area contributed by atoms with Crippen molar-refractivity contribution in [2.24, 2.45) is 0 Å². The molecule has 3 heteroatoms. The van der Waals surface area contributed by atoms with E-state index in [1.165, 1.54) is 11.1 Å². The Hall–Kier alpha value is -2.81. The topological polar surface area (TPSA) is 38.3 Å². The van der Waals surface area contributed by atoms with Gasteiger partial charge in [-0.15, -0.1) is 0 Å². The van der Waals surface area contributed by atoms with Gasteiger partial charge in [-0.05, 0) is 53.4 Å². The molecule has 0 spiro atoms. The Morgan fingerprint density at radius 1 is 1.08 bits per heavy atom. The average molecular weight is 331 g/mol. The van der Waals surface area contributed by atoms with Crippen LogP contribution in [-0.2, 0) is 12.8 Å². The van der Waals surface area contributed by atoms with Crippen molar-refractivity contribution < 1.29 is 9.53 Å². The molecule has 0 saturated heterocycles. The second-order valence-corrected chi connectivity index (χ2v) is 6.68. The third-order valence-electron chi connectivity index (χ3n) is 4.68. The molecular formula is C22H21NO2. The summed E-state index contributed by atoms with van der Waals surface area (Å²) in [5.74, 6) is 0.972. The van der Waals surface area contributed by atoms with Gasteiger partial charge in [0, 0.05) is 18.0 Å². The van der Waals surface area contributed by atoms with E-state index in [2.05, 4.69) is 23.5 Å². The number of hydrogen-bond donors (Lipinski definition) is 1. The van der Waals surface area contributed by atoms with Gasteiger partial charge in [-0.1, -0.05) is 42.5 Å². The van der Waals surface area contributed by atoms with Gasteiger partial charge < -0.3 is 10.1 Å². The molecule has 126 valence electrons. The highest BCUT2D eigenvalue weighted by Gasteiger charge is 2.15. The first-order valence-corrected chi connectivity index (χ1v) is 8.73. The maximum absolute atomic E-state index is 12.5. The number of carbonyl (C=O) groups is 1. The first kappa shape index (κ1) is 15.7. The lowest BCUT2D eigenvalue weighted by atomic mass is 10.0. The molecule has 0 aromatic heterocycles. The van der Waals surface area contributed by atoms with Gasteiger partial charge in [0.15, 0.2) is 0 Å². The number of benzene rings is 3. The highest BCUT2D eigenvalue weighted by Crippen LogP contribution is 2.26. The van der Waals surface area contributed by atoms with Gasteiger partial charge in [0.05, 0.1) is 6.61 Å². The molecule has 1 amide bonds. The quantitative estimate of drug-likeness (QED) is 0.780. The van der Waals surface area contributed by atoms with Crippen molar-refractivity contribution in [2.75, 3.05) is 6.61 Å². The third kappa shape index (κ3) is 3.36. The Bertz CT molecular complexity index is 932. The Balaban J connectivity index is 1.44. The summed E-state index contributed by atoms with van der Waals surface area (Å²) in [7, 11) is 0. The second-order valence-electron chi connectivity index (χ2n) is 6.68. The molecule has 25 heavy (non-hydrogen) atoms. The van der Waals surface area contributed by atoms with Crippen molar-refractivity contribution in [3.8, 4) is 5.75 Å². The van der Waals surface area contributed by atoms with Crippen LogP contribution in [0.4, 0.5) is 0 Å². The molecule has 1 aliphatic heterocycles. The lowest BCUT2D eigenvalue weighted by molar-refractivity contribution is 0.0940. The smallest absolute Gasteiger partial charge is 0.251 e. The molecule has 1 atom stereocenters. The molecule has 1 unspecified atom stereocenters. The van der Waals surface area contributed by atoms with Crippen molar-refractivity contribution in [3.63, 3.8) is 0 Å². The highest BCUT2D eigenvalue weighted by atomic mass is 16.5. The maximum Gasteiger partial charge on any atom is 0.251 e. The fourth-order valence-corrected chi connectivity index (χ4v) is 3.41. The number of rotatable bonds is 4.